The van der Waals surface area contributed by atoms with Crippen molar-refractivity contribution in [3.8, 4) is 0 Å². The number of carbonyl (C=O) groups excluding carboxylic acids is 1. The van der Waals surface area contributed by atoms with Crippen LogP contribution in [0.3, 0.4) is 0 Å². The van der Waals surface area contributed by atoms with Gasteiger partial charge in [-0.1, -0.05) is 10.6 Å². The number of aromatic nitrogens is 2. The number of benzene rings is 1. The van der Waals surface area contributed by atoms with Crippen molar-refractivity contribution in [3.63, 3.8) is 0 Å². The summed E-state index contributed by atoms with van der Waals surface area (Å²) in [6.07, 6.45) is 0. The van der Waals surface area contributed by atoms with Crippen molar-refractivity contribution in [2.24, 2.45) is 0 Å². The van der Waals surface area contributed by atoms with Crippen molar-refractivity contribution in [2.75, 3.05) is 12.4 Å². The van der Waals surface area contributed by atoms with Gasteiger partial charge in [-0.25, -0.2) is 0 Å². The van der Waals surface area contributed by atoms with E-state index in [0.717, 1.165) is 16.9 Å². The van der Waals surface area contributed by atoms with Crippen molar-refractivity contribution in [1.29, 1.82) is 0 Å². The summed E-state index contributed by atoms with van der Waals surface area (Å²) in [7, 11) is 1.62. The van der Waals surface area contributed by atoms with E-state index < -0.39 is 0 Å². The van der Waals surface area contributed by atoms with Crippen LogP contribution < -0.4 is 10.6 Å². The number of hydrogen-bond donors (Lipinski definition) is 2. The summed E-state index contributed by atoms with van der Waals surface area (Å²) in [6.45, 7) is 2.60. The van der Waals surface area contributed by atoms with Crippen LogP contribution in [0.15, 0.2) is 23.6 Å². The lowest BCUT2D eigenvalue weighted by Gasteiger charge is -2.10. The first-order valence-corrected chi connectivity index (χ1v) is 6.37. The summed E-state index contributed by atoms with van der Waals surface area (Å²) in [6, 6.07) is 5.57. The Morgan fingerprint density at radius 3 is 2.94 bits per heavy atom. The van der Waals surface area contributed by atoms with Gasteiger partial charge in [0, 0.05) is 23.7 Å². The van der Waals surface area contributed by atoms with E-state index in [1.165, 1.54) is 11.5 Å². The van der Waals surface area contributed by atoms with E-state index in [9.17, 15) is 4.79 Å². The van der Waals surface area contributed by atoms with E-state index in [1.54, 1.807) is 7.05 Å². The Hall–Kier alpha value is -1.95. The summed E-state index contributed by atoms with van der Waals surface area (Å²) in [5.41, 5.74) is 3.56. The molecule has 0 saturated carbocycles. The smallest absolute Gasteiger partial charge is 0.251 e. The SMILES string of the molecule is CNC(=O)c1ccc(C)c(NCc2csnn2)c1. The molecule has 2 N–H and O–H groups in total. The third kappa shape index (κ3) is 2.84. The molecule has 1 heterocycles. The van der Waals surface area contributed by atoms with Gasteiger partial charge in [-0.3, -0.25) is 4.79 Å². The number of nitrogens with zero attached hydrogens (tertiary/aromatic N) is 2. The summed E-state index contributed by atoms with van der Waals surface area (Å²) in [5, 5.41) is 11.7. The number of hydrogen-bond acceptors (Lipinski definition) is 5. The van der Waals surface area contributed by atoms with E-state index in [4.69, 9.17) is 0 Å². The first kappa shape index (κ1) is 12.5. The molecular weight excluding hydrogens is 248 g/mol. The highest BCUT2D eigenvalue weighted by Gasteiger charge is 2.06. The summed E-state index contributed by atoms with van der Waals surface area (Å²) < 4.78 is 3.80. The maximum Gasteiger partial charge on any atom is 0.251 e. The van der Waals surface area contributed by atoms with Gasteiger partial charge in [0.1, 0.15) is 0 Å². The maximum atomic E-state index is 11.6. The van der Waals surface area contributed by atoms with Crippen LogP contribution in [0.2, 0.25) is 0 Å². The molecule has 1 aromatic heterocycles. The van der Waals surface area contributed by atoms with E-state index in [2.05, 4.69) is 20.2 Å². The van der Waals surface area contributed by atoms with Crippen molar-refractivity contribution in [3.05, 3.63) is 40.4 Å². The highest BCUT2D eigenvalue weighted by atomic mass is 32.1. The zero-order chi connectivity index (χ0) is 13.0. The van der Waals surface area contributed by atoms with Crippen LogP contribution in [-0.4, -0.2) is 22.5 Å². The van der Waals surface area contributed by atoms with Gasteiger partial charge in [-0.05, 0) is 36.2 Å². The lowest BCUT2D eigenvalue weighted by atomic mass is 10.1. The fourth-order valence-electron chi connectivity index (χ4n) is 1.54. The molecule has 0 radical (unpaired) electrons. The van der Waals surface area contributed by atoms with E-state index in [-0.39, 0.29) is 5.91 Å². The Morgan fingerprint density at radius 2 is 2.28 bits per heavy atom. The molecule has 2 rings (SSSR count). The quantitative estimate of drug-likeness (QED) is 0.882. The molecule has 0 aliphatic rings. The third-order valence-corrected chi connectivity index (χ3v) is 3.15. The van der Waals surface area contributed by atoms with Crippen LogP contribution >= 0.6 is 11.5 Å². The van der Waals surface area contributed by atoms with Gasteiger partial charge in [-0.2, -0.15) is 0 Å². The molecule has 1 aromatic carbocycles. The predicted octanol–water partition coefficient (Wildman–Crippen LogP) is 1.82. The minimum atomic E-state index is -0.0895. The van der Waals surface area contributed by atoms with Crippen molar-refractivity contribution in [1.82, 2.24) is 14.9 Å². The molecule has 18 heavy (non-hydrogen) atoms. The number of amides is 1. The number of carbonyl (C=O) groups is 1. The number of nitrogens with one attached hydrogen (secondary N) is 2. The topological polar surface area (TPSA) is 66.9 Å². The number of anilines is 1. The van der Waals surface area contributed by atoms with E-state index in [0.29, 0.717) is 12.1 Å². The van der Waals surface area contributed by atoms with Gasteiger partial charge in [0.2, 0.25) is 0 Å². The van der Waals surface area contributed by atoms with E-state index in [1.807, 2.05) is 30.5 Å². The molecule has 0 atom stereocenters. The van der Waals surface area contributed by atoms with E-state index >= 15 is 0 Å². The molecule has 94 valence electrons. The molecule has 5 nitrogen and oxygen atoms in total. The second-order valence-corrected chi connectivity index (χ2v) is 4.47. The van der Waals surface area contributed by atoms with Gasteiger partial charge in [0.25, 0.3) is 5.91 Å². The first-order chi connectivity index (χ1) is 8.70. The van der Waals surface area contributed by atoms with Gasteiger partial charge >= 0.3 is 0 Å². The fourth-order valence-corrected chi connectivity index (χ4v) is 2.00. The second-order valence-electron chi connectivity index (χ2n) is 3.86. The molecule has 0 bridgehead atoms. The normalized spacial score (nSPS) is 10.1. The second kappa shape index (κ2) is 5.59. The maximum absolute atomic E-state index is 11.6. The Bertz CT molecular complexity index is 539. The zero-order valence-corrected chi connectivity index (χ0v) is 11.0. The third-order valence-electron chi connectivity index (χ3n) is 2.59. The standard InChI is InChI=1S/C12H14N4OS/c1-8-3-4-9(12(17)13-2)5-11(8)14-6-10-7-18-16-15-10/h3-5,7,14H,6H2,1-2H3,(H,13,17). The molecule has 0 saturated heterocycles. The van der Waals surface area contributed by atoms with Crippen molar-refractivity contribution >= 4 is 23.1 Å². The number of aryl methyl sites for hydroxylation is 1. The molecule has 0 aliphatic heterocycles. The van der Waals surface area contributed by atoms with Gasteiger partial charge in [0.15, 0.2) is 0 Å². The zero-order valence-electron chi connectivity index (χ0n) is 10.2. The Labute approximate surface area is 109 Å². The molecule has 0 spiro atoms. The van der Waals surface area contributed by atoms with Gasteiger partial charge in [-0.15, -0.1) is 5.10 Å². The van der Waals surface area contributed by atoms with Crippen LogP contribution in [0.4, 0.5) is 5.69 Å². The van der Waals surface area contributed by atoms with Crippen LogP contribution in [0.1, 0.15) is 21.6 Å². The molecule has 2 aromatic rings. The Kier molecular flexibility index (Phi) is 3.88. The lowest BCUT2D eigenvalue weighted by molar-refractivity contribution is 0.0963. The lowest BCUT2D eigenvalue weighted by Crippen LogP contribution is -2.18. The monoisotopic (exact) mass is 262 g/mol. The van der Waals surface area contributed by atoms with Crippen molar-refractivity contribution in [2.45, 2.75) is 13.5 Å². The predicted molar refractivity (Wildman–Crippen MR) is 71.8 cm³/mol. The highest BCUT2D eigenvalue weighted by molar-refractivity contribution is 7.03. The highest BCUT2D eigenvalue weighted by Crippen LogP contribution is 2.17. The summed E-state index contributed by atoms with van der Waals surface area (Å²) in [4.78, 5) is 11.6. The summed E-state index contributed by atoms with van der Waals surface area (Å²) in [5.74, 6) is -0.0895. The van der Waals surface area contributed by atoms with Crippen LogP contribution in [0.25, 0.3) is 0 Å². The Balaban J connectivity index is 2.13. The van der Waals surface area contributed by atoms with Crippen LogP contribution in [0.5, 0.6) is 0 Å². The average molecular weight is 262 g/mol. The minimum Gasteiger partial charge on any atom is -0.379 e. The number of rotatable bonds is 4. The van der Waals surface area contributed by atoms with Crippen LogP contribution in [0, 0.1) is 6.92 Å². The molecule has 0 aliphatic carbocycles. The largest absolute Gasteiger partial charge is 0.379 e. The van der Waals surface area contributed by atoms with Gasteiger partial charge < -0.3 is 10.6 Å². The fraction of sp³-hybridized carbons (Fsp3) is 0.250. The van der Waals surface area contributed by atoms with Crippen LogP contribution in [-0.2, 0) is 6.54 Å². The minimum absolute atomic E-state index is 0.0895. The summed E-state index contributed by atoms with van der Waals surface area (Å²) >= 11 is 1.33. The molecular formula is C12H14N4OS. The molecule has 1 amide bonds. The first-order valence-electron chi connectivity index (χ1n) is 5.53. The molecule has 0 fully saturated rings. The van der Waals surface area contributed by atoms with Crippen molar-refractivity contribution < 1.29 is 4.79 Å². The average Bonchev–Trinajstić information content (AvgIpc) is 2.90. The Morgan fingerprint density at radius 1 is 1.44 bits per heavy atom. The van der Waals surface area contributed by atoms with Gasteiger partial charge in [0.05, 0.1) is 12.2 Å². The molecule has 0 unspecified atom stereocenters. The molecule has 6 heteroatoms.